The van der Waals surface area contributed by atoms with Crippen LogP contribution in [-0.2, 0) is 0 Å². The molecule has 0 unspecified atom stereocenters. The molecule has 0 amide bonds. The monoisotopic (exact) mass is 202 g/mol. The first-order chi connectivity index (χ1) is 7.20. The van der Waals surface area contributed by atoms with Gasteiger partial charge in [-0.3, -0.25) is 0 Å². The number of allylic oxidation sites excluding steroid dienone is 3. The van der Waals surface area contributed by atoms with Gasteiger partial charge in [-0.15, -0.1) is 0 Å². The Hall–Kier alpha value is -1.31. The normalized spacial score (nSPS) is 22.0. The van der Waals surface area contributed by atoms with Crippen molar-refractivity contribution in [2.24, 2.45) is 11.0 Å². The first-order valence-corrected chi connectivity index (χ1v) is 5.62. The standard InChI is InChI=1S/C13H18N2/c1-4-10(2)9-15-11(3)5-8-13(14-15)12-6-7-12/h5,8-9,12H,3-4,6-7H2,1-2H3/b10-9+. The van der Waals surface area contributed by atoms with E-state index in [1.54, 1.807) is 0 Å². The van der Waals surface area contributed by atoms with Gasteiger partial charge in [0.05, 0.1) is 11.4 Å². The molecular weight excluding hydrogens is 184 g/mol. The molecule has 0 spiro atoms. The zero-order valence-corrected chi connectivity index (χ0v) is 9.53. The summed E-state index contributed by atoms with van der Waals surface area (Å²) in [5, 5.41) is 6.51. The molecule has 15 heavy (non-hydrogen) atoms. The lowest BCUT2D eigenvalue weighted by molar-refractivity contribution is 0.503. The zero-order chi connectivity index (χ0) is 10.8. The lowest BCUT2D eigenvalue weighted by Crippen LogP contribution is -2.16. The Morgan fingerprint density at radius 3 is 2.93 bits per heavy atom. The third-order valence-electron chi connectivity index (χ3n) is 2.86. The van der Waals surface area contributed by atoms with Gasteiger partial charge in [-0.2, -0.15) is 5.10 Å². The van der Waals surface area contributed by atoms with Crippen molar-refractivity contribution in [3.05, 3.63) is 36.2 Å². The van der Waals surface area contributed by atoms with Gasteiger partial charge in [0, 0.05) is 12.1 Å². The van der Waals surface area contributed by atoms with Crippen LogP contribution in [0.4, 0.5) is 0 Å². The van der Waals surface area contributed by atoms with Crippen LogP contribution in [0.3, 0.4) is 0 Å². The van der Waals surface area contributed by atoms with Crippen LogP contribution in [0.25, 0.3) is 0 Å². The van der Waals surface area contributed by atoms with Gasteiger partial charge in [0.1, 0.15) is 0 Å². The Balaban J connectivity index is 2.16. The van der Waals surface area contributed by atoms with Crippen molar-refractivity contribution < 1.29 is 0 Å². The average molecular weight is 202 g/mol. The summed E-state index contributed by atoms with van der Waals surface area (Å²) in [5.74, 6) is 0.701. The van der Waals surface area contributed by atoms with Crippen molar-refractivity contribution in [2.45, 2.75) is 33.1 Å². The fraction of sp³-hybridized carbons (Fsp3) is 0.462. The fourth-order valence-electron chi connectivity index (χ4n) is 1.49. The number of hydrogen-bond acceptors (Lipinski definition) is 2. The second-order valence-corrected chi connectivity index (χ2v) is 4.30. The molecule has 0 saturated heterocycles. The highest BCUT2D eigenvalue weighted by molar-refractivity contribution is 5.99. The van der Waals surface area contributed by atoms with Crippen molar-refractivity contribution in [3.63, 3.8) is 0 Å². The molecule has 2 nitrogen and oxygen atoms in total. The maximum absolute atomic E-state index is 4.60. The summed E-state index contributed by atoms with van der Waals surface area (Å²) < 4.78 is 0. The van der Waals surface area contributed by atoms with Crippen molar-refractivity contribution in [1.29, 1.82) is 0 Å². The third kappa shape index (κ3) is 2.38. The molecule has 0 bridgehead atoms. The van der Waals surface area contributed by atoms with Gasteiger partial charge in [0.25, 0.3) is 0 Å². The molecule has 1 aliphatic carbocycles. The summed E-state index contributed by atoms with van der Waals surface area (Å²) in [6.07, 6.45) is 9.88. The van der Waals surface area contributed by atoms with E-state index in [1.165, 1.54) is 24.1 Å². The van der Waals surface area contributed by atoms with Gasteiger partial charge in [0.15, 0.2) is 0 Å². The minimum atomic E-state index is 0.701. The lowest BCUT2D eigenvalue weighted by Gasteiger charge is -2.20. The Morgan fingerprint density at radius 1 is 1.60 bits per heavy atom. The maximum atomic E-state index is 4.60. The van der Waals surface area contributed by atoms with E-state index < -0.39 is 0 Å². The van der Waals surface area contributed by atoms with E-state index in [0.29, 0.717) is 5.92 Å². The van der Waals surface area contributed by atoms with Crippen LogP contribution in [-0.4, -0.2) is 10.7 Å². The largest absolute Gasteiger partial charge is 0.241 e. The molecule has 0 aromatic carbocycles. The first kappa shape index (κ1) is 10.2. The Kier molecular flexibility index (Phi) is 2.76. The molecule has 1 saturated carbocycles. The first-order valence-electron chi connectivity index (χ1n) is 5.62. The van der Waals surface area contributed by atoms with Gasteiger partial charge in [-0.1, -0.05) is 19.1 Å². The van der Waals surface area contributed by atoms with Crippen LogP contribution in [0.1, 0.15) is 33.1 Å². The van der Waals surface area contributed by atoms with Crippen molar-refractivity contribution in [2.75, 3.05) is 0 Å². The highest BCUT2D eigenvalue weighted by Gasteiger charge is 2.27. The van der Waals surface area contributed by atoms with E-state index in [0.717, 1.165) is 12.1 Å². The molecule has 0 radical (unpaired) electrons. The van der Waals surface area contributed by atoms with Gasteiger partial charge >= 0.3 is 0 Å². The number of hydrazone groups is 1. The zero-order valence-electron chi connectivity index (χ0n) is 9.53. The quantitative estimate of drug-likeness (QED) is 0.684. The molecule has 0 N–H and O–H groups in total. The van der Waals surface area contributed by atoms with Gasteiger partial charge < -0.3 is 0 Å². The van der Waals surface area contributed by atoms with Gasteiger partial charge in [-0.05, 0) is 38.3 Å². The van der Waals surface area contributed by atoms with E-state index in [1.807, 2.05) is 5.01 Å². The van der Waals surface area contributed by atoms with Crippen LogP contribution >= 0.6 is 0 Å². The van der Waals surface area contributed by atoms with E-state index in [4.69, 9.17) is 0 Å². The van der Waals surface area contributed by atoms with Crippen molar-refractivity contribution in [3.8, 4) is 0 Å². The molecule has 1 heterocycles. The summed E-state index contributed by atoms with van der Waals surface area (Å²) >= 11 is 0. The molecule has 0 atom stereocenters. The molecule has 2 rings (SSSR count). The summed E-state index contributed by atoms with van der Waals surface area (Å²) in [5.41, 5.74) is 3.49. The van der Waals surface area contributed by atoms with E-state index in [-0.39, 0.29) is 0 Å². The van der Waals surface area contributed by atoms with Gasteiger partial charge in [0.2, 0.25) is 0 Å². The van der Waals surface area contributed by atoms with E-state index in [2.05, 4.69) is 43.9 Å². The highest BCUT2D eigenvalue weighted by atomic mass is 15.5. The minimum absolute atomic E-state index is 0.701. The molecule has 2 aliphatic rings. The summed E-state index contributed by atoms with van der Waals surface area (Å²) in [7, 11) is 0. The Morgan fingerprint density at radius 2 is 2.33 bits per heavy atom. The van der Waals surface area contributed by atoms with E-state index in [9.17, 15) is 0 Å². The molecule has 80 valence electrons. The van der Waals surface area contributed by atoms with Crippen LogP contribution in [0, 0.1) is 5.92 Å². The van der Waals surface area contributed by atoms with Crippen LogP contribution in [0.2, 0.25) is 0 Å². The van der Waals surface area contributed by atoms with Crippen LogP contribution in [0.15, 0.2) is 41.3 Å². The van der Waals surface area contributed by atoms with Crippen LogP contribution < -0.4 is 0 Å². The highest BCUT2D eigenvalue weighted by Crippen LogP contribution is 2.33. The third-order valence-corrected chi connectivity index (χ3v) is 2.86. The summed E-state index contributed by atoms with van der Waals surface area (Å²) in [4.78, 5) is 0. The van der Waals surface area contributed by atoms with E-state index >= 15 is 0 Å². The van der Waals surface area contributed by atoms with Crippen molar-refractivity contribution in [1.82, 2.24) is 5.01 Å². The minimum Gasteiger partial charge on any atom is -0.241 e. The average Bonchev–Trinajstić information content (AvgIpc) is 3.04. The molecule has 2 heteroatoms. The van der Waals surface area contributed by atoms with Gasteiger partial charge in [-0.25, -0.2) is 5.01 Å². The SMILES string of the molecule is C=C1C=CC(C2CC2)=NN1/C=C(\C)CC. The Bertz CT molecular complexity index is 357. The number of rotatable bonds is 3. The predicted molar refractivity (Wildman–Crippen MR) is 64.3 cm³/mol. The van der Waals surface area contributed by atoms with Crippen molar-refractivity contribution >= 4 is 5.71 Å². The maximum Gasteiger partial charge on any atom is 0.0645 e. The summed E-state index contributed by atoms with van der Waals surface area (Å²) in [6, 6.07) is 0. The molecule has 0 aromatic rings. The molecule has 1 fully saturated rings. The smallest absolute Gasteiger partial charge is 0.0645 e. The fourth-order valence-corrected chi connectivity index (χ4v) is 1.49. The second-order valence-electron chi connectivity index (χ2n) is 4.30. The Labute approximate surface area is 91.7 Å². The molecule has 1 aliphatic heterocycles. The summed E-state index contributed by atoms with van der Waals surface area (Å²) in [6.45, 7) is 8.26. The predicted octanol–water partition coefficient (Wildman–Crippen LogP) is 3.45. The number of hydrogen-bond donors (Lipinski definition) is 0. The molecular formula is C13H18N2. The van der Waals surface area contributed by atoms with Crippen LogP contribution in [0.5, 0.6) is 0 Å². The number of nitrogens with zero attached hydrogens (tertiary/aromatic N) is 2. The lowest BCUT2D eigenvalue weighted by atomic mass is 10.2. The topological polar surface area (TPSA) is 15.6 Å². The second kappa shape index (κ2) is 4.05. The molecule has 0 aromatic heterocycles.